The minimum Gasteiger partial charge on any atom is -0.408 e. The van der Waals surface area contributed by atoms with Crippen LogP contribution < -0.4 is 5.32 Å². The van der Waals surface area contributed by atoms with Gasteiger partial charge in [0.05, 0.1) is 38.6 Å². The Kier molecular flexibility index (Phi) is 10.5. The minimum absolute atomic E-state index is 0.0279. The second kappa shape index (κ2) is 13.6. The van der Waals surface area contributed by atoms with Crippen molar-refractivity contribution in [3.63, 3.8) is 0 Å². The van der Waals surface area contributed by atoms with Crippen LogP contribution in [0.1, 0.15) is 50.7 Å². The van der Waals surface area contributed by atoms with Crippen LogP contribution in [-0.2, 0) is 22.8 Å². The Morgan fingerprint density at radius 2 is 1.98 bits per heavy atom. The van der Waals surface area contributed by atoms with Crippen molar-refractivity contribution in [3.8, 4) is 6.07 Å². The van der Waals surface area contributed by atoms with Crippen LogP contribution in [-0.4, -0.2) is 76.0 Å². The molecule has 0 bridgehead atoms. The number of fused-ring (bicyclic) bond motifs is 1. The van der Waals surface area contributed by atoms with Gasteiger partial charge in [-0.1, -0.05) is 45.0 Å². The topological polar surface area (TPSA) is 171 Å². The Bertz CT molecular complexity index is 1610. The first-order valence-electron chi connectivity index (χ1n) is 14.6. The van der Waals surface area contributed by atoms with Gasteiger partial charge in [-0.2, -0.15) is 5.26 Å². The summed E-state index contributed by atoms with van der Waals surface area (Å²) in [7, 11) is -6.82. The Morgan fingerprint density at radius 3 is 2.60 bits per heavy atom. The first-order valence-corrected chi connectivity index (χ1v) is 19.0. The standard InChI is InChI=1S/C30H41N6O7PSi/c1-8-16-40-44(39,41-17-12-15-31)30(5)22(18-37)42-28(24(30)43-45(6,7)29(2,3)4)36-20-34-23-25(32-19-33-26(23)36)35-27(38)21-13-10-9-11-14-21/h8-11,13-14,19-20,22,24,28,37H,1,12,16-18H2,2-7H3,(H,32,33,35,38)/t22-,24?,28-,30+,44?/m1/s1. The predicted molar refractivity (Wildman–Crippen MR) is 171 cm³/mol. The molecule has 45 heavy (non-hydrogen) atoms. The molecular weight excluding hydrogens is 615 g/mol. The number of imidazole rings is 1. The normalized spacial score (nSPS) is 23.4. The van der Waals surface area contributed by atoms with E-state index in [2.05, 4.69) is 47.6 Å². The number of hydrogen-bond acceptors (Lipinski definition) is 11. The lowest BCUT2D eigenvalue weighted by atomic mass is 9.99. The van der Waals surface area contributed by atoms with Gasteiger partial charge in [0.15, 0.2) is 31.5 Å². The molecule has 1 saturated heterocycles. The second-order valence-electron chi connectivity index (χ2n) is 12.4. The zero-order valence-electron chi connectivity index (χ0n) is 26.5. The van der Waals surface area contributed by atoms with Crippen molar-refractivity contribution >= 4 is 38.8 Å². The molecule has 2 unspecified atom stereocenters. The van der Waals surface area contributed by atoms with Gasteiger partial charge in [0.2, 0.25) is 0 Å². The van der Waals surface area contributed by atoms with E-state index in [4.69, 9.17) is 23.5 Å². The lowest BCUT2D eigenvalue weighted by Crippen LogP contribution is -2.54. The van der Waals surface area contributed by atoms with E-state index in [1.54, 1.807) is 35.8 Å². The highest BCUT2D eigenvalue weighted by Gasteiger charge is 2.67. The lowest BCUT2D eigenvalue weighted by Gasteiger charge is -2.45. The number of aromatic nitrogens is 4. The van der Waals surface area contributed by atoms with E-state index in [0.29, 0.717) is 16.7 Å². The van der Waals surface area contributed by atoms with E-state index in [9.17, 15) is 14.5 Å². The summed E-state index contributed by atoms with van der Waals surface area (Å²) in [6.45, 7) is 14.8. The van der Waals surface area contributed by atoms with Gasteiger partial charge < -0.3 is 28.6 Å². The summed E-state index contributed by atoms with van der Waals surface area (Å²) in [6.07, 6.45) is 1.12. The molecule has 1 fully saturated rings. The van der Waals surface area contributed by atoms with Crippen molar-refractivity contribution in [2.45, 2.75) is 75.8 Å². The second-order valence-corrected chi connectivity index (χ2v) is 19.6. The van der Waals surface area contributed by atoms with Crippen LogP contribution in [0.2, 0.25) is 18.1 Å². The van der Waals surface area contributed by atoms with E-state index in [1.165, 1.54) is 18.7 Å². The SMILES string of the molecule is C=CCOP(=O)(OCCC#N)[C@]1(C)C(O[Si](C)(C)C(C)(C)C)[C@H](n2cnc3c(NC(=O)c4ccccc4)ncnc32)O[C@@H]1CO. The number of benzene rings is 1. The summed E-state index contributed by atoms with van der Waals surface area (Å²) in [5.74, 6) is -0.182. The summed E-state index contributed by atoms with van der Waals surface area (Å²) in [5, 5.41) is 20.8. The quantitative estimate of drug-likeness (QED) is 0.104. The average molecular weight is 657 g/mol. The summed E-state index contributed by atoms with van der Waals surface area (Å²) in [6, 6.07) is 10.7. The molecule has 1 aromatic carbocycles. The van der Waals surface area contributed by atoms with Crippen LogP contribution in [0.5, 0.6) is 0 Å². The fourth-order valence-corrected chi connectivity index (χ4v) is 8.57. The monoisotopic (exact) mass is 656 g/mol. The smallest absolute Gasteiger partial charge is 0.342 e. The zero-order valence-corrected chi connectivity index (χ0v) is 28.4. The number of ether oxygens (including phenoxy) is 1. The van der Waals surface area contributed by atoms with Gasteiger partial charge in [-0.15, -0.1) is 6.58 Å². The van der Waals surface area contributed by atoms with Gasteiger partial charge in [0, 0.05) is 5.56 Å². The fourth-order valence-electron chi connectivity index (χ4n) is 4.87. The number of nitriles is 1. The molecule has 1 aliphatic rings. The average Bonchev–Trinajstić information content (AvgIpc) is 3.55. The Labute approximate surface area is 264 Å². The Hall–Kier alpha value is -3.28. The number of nitrogens with one attached hydrogen (secondary N) is 1. The van der Waals surface area contributed by atoms with Gasteiger partial charge in [-0.05, 0) is 37.2 Å². The molecule has 13 nitrogen and oxygen atoms in total. The molecule has 1 aliphatic heterocycles. The summed E-state index contributed by atoms with van der Waals surface area (Å²) < 4.78 is 41.7. The number of aliphatic hydroxyl groups excluding tert-OH is 1. The fraction of sp³-hybridized carbons (Fsp3) is 0.500. The van der Waals surface area contributed by atoms with E-state index in [-0.39, 0.29) is 36.4 Å². The van der Waals surface area contributed by atoms with Crippen molar-refractivity contribution in [2.75, 3.05) is 25.1 Å². The molecule has 15 heteroatoms. The number of aliphatic hydroxyl groups is 1. The molecule has 3 aromatic rings. The summed E-state index contributed by atoms with van der Waals surface area (Å²) >= 11 is 0. The largest absolute Gasteiger partial charge is 0.408 e. The van der Waals surface area contributed by atoms with Crippen molar-refractivity contribution in [2.24, 2.45) is 0 Å². The van der Waals surface area contributed by atoms with Crippen molar-refractivity contribution in [1.29, 1.82) is 5.26 Å². The number of nitrogens with zero attached hydrogens (tertiary/aromatic N) is 5. The third-order valence-electron chi connectivity index (χ3n) is 8.51. The van der Waals surface area contributed by atoms with Crippen LogP contribution in [0.3, 0.4) is 0 Å². The Balaban J connectivity index is 1.85. The highest BCUT2D eigenvalue weighted by atomic mass is 31.2. The molecule has 5 atom stereocenters. The van der Waals surface area contributed by atoms with E-state index >= 15 is 0 Å². The number of carbonyl (C=O) groups excluding carboxylic acids is 1. The minimum atomic E-state index is -4.19. The van der Waals surface area contributed by atoms with Crippen LogP contribution in [0.15, 0.2) is 55.6 Å². The highest BCUT2D eigenvalue weighted by Crippen LogP contribution is 2.68. The first kappa shape index (κ1) is 34.6. The zero-order chi connectivity index (χ0) is 33.0. The maximum atomic E-state index is 14.8. The number of rotatable bonds is 13. The van der Waals surface area contributed by atoms with Gasteiger partial charge in [-0.25, -0.2) is 15.0 Å². The highest BCUT2D eigenvalue weighted by molar-refractivity contribution is 7.55. The molecule has 2 aromatic heterocycles. The number of anilines is 1. The molecule has 2 N–H and O–H groups in total. The first-order chi connectivity index (χ1) is 21.2. The van der Waals surface area contributed by atoms with Crippen molar-refractivity contribution in [3.05, 3.63) is 61.2 Å². The molecule has 0 spiro atoms. The van der Waals surface area contributed by atoms with Crippen molar-refractivity contribution in [1.82, 2.24) is 19.5 Å². The maximum absolute atomic E-state index is 14.8. The molecule has 3 heterocycles. The molecule has 0 saturated carbocycles. The molecular formula is C30H41N6O7PSi. The van der Waals surface area contributed by atoms with Crippen LogP contribution in [0.4, 0.5) is 5.82 Å². The third-order valence-corrected chi connectivity index (χ3v) is 15.7. The van der Waals surface area contributed by atoms with E-state index < -0.39 is 46.1 Å². The number of carbonyl (C=O) groups is 1. The van der Waals surface area contributed by atoms with Crippen LogP contribution in [0, 0.1) is 11.3 Å². The van der Waals surface area contributed by atoms with Gasteiger partial charge in [0.1, 0.15) is 23.7 Å². The predicted octanol–water partition coefficient (Wildman–Crippen LogP) is 5.44. The summed E-state index contributed by atoms with van der Waals surface area (Å²) in [4.78, 5) is 26.2. The van der Waals surface area contributed by atoms with E-state index in [1.807, 2.05) is 25.2 Å². The Morgan fingerprint density at radius 1 is 1.27 bits per heavy atom. The van der Waals surface area contributed by atoms with Crippen LogP contribution in [0.25, 0.3) is 11.2 Å². The van der Waals surface area contributed by atoms with Crippen molar-refractivity contribution < 1.29 is 32.7 Å². The van der Waals surface area contributed by atoms with Gasteiger partial charge >= 0.3 is 7.60 Å². The number of amides is 1. The molecule has 242 valence electrons. The third kappa shape index (κ3) is 6.66. The molecule has 0 radical (unpaired) electrons. The number of hydrogen-bond donors (Lipinski definition) is 2. The van der Waals surface area contributed by atoms with Crippen LogP contribution >= 0.6 is 7.60 Å². The molecule has 1 amide bonds. The molecule has 4 rings (SSSR count). The van der Waals surface area contributed by atoms with Gasteiger partial charge in [-0.3, -0.25) is 13.9 Å². The summed E-state index contributed by atoms with van der Waals surface area (Å²) in [5.41, 5.74) is 1.05. The lowest BCUT2D eigenvalue weighted by molar-refractivity contribution is -0.0467. The van der Waals surface area contributed by atoms with E-state index in [0.717, 1.165) is 0 Å². The maximum Gasteiger partial charge on any atom is 0.342 e. The van der Waals surface area contributed by atoms with Gasteiger partial charge in [0.25, 0.3) is 5.91 Å². The molecule has 0 aliphatic carbocycles.